The molecule has 0 spiro atoms. The lowest BCUT2D eigenvalue weighted by atomic mass is 10.0. The average Bonchev–Trinajstić information content (AvgIpc) is 3.58. The molecule has 0 aliphatic heterocycles. The van der Waals surface area contributed by atoms with Crippen LogP contribution in [0.3, 0.4) is 0 Å². The van der Waals surface area contributed by atoms with Gasteiger partial charge in [0.1, 0.15) is 12.3 Å². The third kappa shape index (κ3) is 4.48. The molecule has 8 heteroatoms. The first-order valence-corrected chi connectivity index (χ1v) is 11.8. The zero-order valence-corrected chi connectivity index (χ0v) is 19.2. The minimum absolute atomic E-state index is 0.00572. The summed E-state index contributed by atoms with van der Waals surface area (Å²) < 4.78 is 7.34. The van der Waals surface area contributed by atoms with Crippen molar-refractivity contribution >= 4 is 10.9 Å². The molecule has 1 N–H and O–H groups in total. The largest absolute Gasteiger partial charge is 0.467 e. The second-order valence-corrected chi connectivity index (χ2v) is 9.02. The van der Waals surface area contributed by atoms with Gasteiger partial charge in [-0.3, -0.25) is 9.69 Å². The van der Waals surface area contributed by atoms with Crippen molar-refractivity contribution in [1.82, 2.24) is 30.1 Å². The highest BCUT2D eigenvalue weighted by molar-refractivity contribution is 5.79. The maximum atomic E-state index is 13.0. The number of nitrogens with zero attached hydrogens (tertiary/aromatic N) is 5. The summed E-state index contributed by atoms with van der Waals surface area (Å²) >= 11 is 0. The summed E-state index contributed by atoms with van der Waals surface area (Å²) in [7, 11) is 0. The molecule has 0 saturated heterocycles. The van der Waals surface area contributed by atoms with Crippen LogP contribution in [0, 0.1) is 6.92 Å². The first-order valence-electron chi connectivity index (χ1n) is 11.8. The normalized spacial score (nSPS) is 15.6. The van der Waals surface area contributed by atoms with Crippen molar-refractivity contribution in [3.05, 3.63) is 75.7 Å². The predicted molar refractivity (Wildman–Crippen MR) is 126 cm³/mol. The van der Waals surface area contributed by atoms with E-state index < -0.39 is 0 Å². The predicted octanol–water partition coefficient (Wildman–Crippen LogP) is 4.36. The van der Waals surface area contributed by atoms with Crippen LogP contribution in [-0.2, 0) is 13.1 Å². The number of pyridine rings is 1. The lowest BCUT2D eigenvalue weighted by Crippen LogP contribution is -2.39. The summed E-state index contributed by atoms with van der Waals surface area (Å²) in [6, 6.07) is 12.4. The Morgan fingerprint density at radius 1 is 1.24 bits per heavy atom. The number of benzene rings is 1. The van der Waals surface area contributed by atoms with Crippen molar-refractivity contribution < 1.29 is 4.42 Å². The second kappa shape index (κ2) is 9.31. The van der Waals surface area contributed by atoms with Crippen molar-refractivity contribution in [2.75, 3.05) is 0 Å². The van der Waals surface area contributed by atoms with Gasteiger partial charge in [-0.15, -0.1) is 5.10 Å². The summed E-state index contributed by atoms with van der Waals surface area (Å²) in [6.45, 7) is 5.24. The molecule has 0 radical (unpaired) electrons. The van der Waals surface area contributed by atoms with E-state index in [-0.39, 0.29) is 11.6 Å². The number of aromatic amines is 1. The number of hydrogen-bond acceptors (Lipinski definition) is 6. The molecular formula is C25H30N6O2. The molecule has 33 heavy (non-hydrogen) atoms. The number of H-pyrrole nitrogens is 1. The highest BCUT2D eigenvalue weighted by atomic mass is 16.3. The molecule has 1 saturated carbocycles. The number of nitrogens with one attached hydrogen (secondary N) is 1. The Morgan fingerprint density at radius 2 is 2.09 bits per heavy atom. The van der Waals surface area contributed by atoms with Crippen LogP contribution in [-0.4, -0.2) is 36.1 Å². The number of aryl methyl sites for hydroxylation is 1. The third-order valence-corrected chi connectivity index (χ3v) is 6.76. The molecule has 3 aromatic heterocycles. The smallest absolute Gasteiger partial charge is 0.252 e. The molecule has 1 fully saturated rings. The summed E-state index contributed by atoms with van der Waals surface area (Å²) in [5.41, 5.74) is 2.77. The molecule has 3 heterocycles. The van der Waals surface area contributed by atoms with E-state index >= 15 is 0 Å². The van der Waals surface area contributed by atoms with Gasteiger partial charge < -0.3 is 9.40 Å². The number of hydrogen-bond donors (Lipinski definition) is 1. The maximum Gasteiger partial charge on any atom is 0.252 e. The van der Waals surface area contributed by atoms with Gasteiger partial charge in [-0.2, -0.15) is 0 Å². The van der Waals surface area contributed by atoms with Gasteiger partial charge in [0.15, 0.2) is 5.82 Å². The fourth-order valence-electron chi connectivity index (χ4n) is 5.08. The van der Waals surface area contributed by atoms with Crippen LogP contribution < -0.4 is 5.56 Å². The number of rotatable bonds is 8. The monoisotopic (exact) mass is 446 g/mol. The van der Waals surface area contributed by atoms with E-state index in [0.717, 1.165) is 52.9 Å². The van der Waals surface area contributed by atoms with Crippen LogP contribution in [0.25, 0.3) is 10.9 Å². The molecule has 172 valence electrons. The van der Waals surface area contributed by atoms with Crippen molar-refractivity contribution in [2.24, 2.45) is 0 Å². The second-order valence-electron chi connectivity index (χ2n) is 9.02. The standard InChI is InChI=1S/C25H30N6O2/c1-3-23(24-27-28-29-31(24)16-21-9-6-12-33-21)30(20-7-4-5-8-20)15-19-14-18-11-10-17(2)13-22(18)26-25(19)32/h6,9-14,20,23H,3-5,7-8,15-16H2,1-2H3,(H,26,32)/t23-/m0/s1. The van der Waals surface area contributed by atoms with E-state index in [0.29, 0.717) is 19.1 Å². The fourth-order valence-corrected chi connectivity index (χ4v) is 5.08. The van der Waals surface area contributed by atoms with Crippen molar-refractivity contribution in [1.29, 1.82) is 0 Å². The van der Waals surface area contributed by atoms with E-state index in [1.54, 1.807) is 6.26 Å². The highest BCUT2D eigenvalue weighted by Crippen LogP contribution is 2.33. The Hall–Kier alpha value is -3.26. The van der Waals surface area contributed by atoms with E-state index in [2.05, 4.69) is 44.5 Å². The summed E-state index contributed by atoms with van der Waals surface area (Å²) in [4.78, 5) is 18.6. The molecule has 8 nitrogen and oxygen atoms in total. The topological polar surface area (TPSA) is 92.8 Å². The molecule has 5 rings (SSSR count). The van der Waals surface area contributed by atoms with E-state index in [4.69, 9.17) is 4.42 Å². The van der Waals surface area contributed by atoms with Crippen LogP contribution in [0.1, 0.15) is 67.8 Å². The van der Waals surface area contributed by atoms with E-state index in [1.165, 1.54) is 12.8 Å². The summed E-state index contributed by atoms with van der Waals surface area (Å²) in [5.74, 6) is 1.63. The van der Waals surface area contributed by atoms with Crippen molar-refractivity contribution in [3.8, 4) is 0 Å². The Bertz CT molecular complexity index is 1270. The Morgan fingerprint density at radius 3 is 2.85 bits per heavy atom. The number of furan rings is 1. The van der Waals surface area contributed by atoms with E-state index in [9.17, 15) is 4.79 Å². The minimum Gasteiger partial charge on any atom is -0.467 e. The molecule has 4 aromatic rings. The van der Waals surface area contributed by atoms with Crippen LogP contribution in [0.5, 0.6) is 0 Å². The summed E-state index contributed by atoms with van der Waals surface area (Å²) in [5, 5.41) is 13.7. The lowest BCUT2D eigenvalue weighted by Gasteiger charge is -2.35. The van der Waals surface area contributed by atoms with E-state index in [1.807, 2.05) is 35.9 Å². The van der Waals surface area contributed by atoms with Crippen molar-refractivity contribution in [2.45, 2.75) is 71.1 Å². The third-order valence-electron chi connectivity index (χ3n) is 6.76. The van der Waals surface area contributed by atoms with Gasteiger partial charge in [0.2, 0.25) is 0 Å². The van der Waals surface area contributed by atoms with Crippen LogP contribution in [0.4, 0.5) is 0 Å². The Kier molecular flexibility index (Phi) is 6.09. The van der Waals surface area contributed by atoms with Crippen molar-refractivity contribution in [3.63, 3.8) is 0 Å². The quantitative estimate of drug-likeness (QED) is 0.432. The zero-order valence-electron chi connectivity index (χ0n) is 19.2. The van der Waals surface area contributed by atoms with Crippen LogP contribution in [0.2, 0.25) is 0 Å². The first-order chi connectivity index (χ1) is 16.1. The molecule has 1 aliphatic rings. The van der Waals surface area contributed by atoms with Gasteiger partial charge >= 0.3 is 0 Å². The summed E-state index contributed by atoms with van der Waals surface area (Å²) in [6.07, 6.45) is 7.18. The Labute approximate surface area is 192 Å². The van der Waals surface area contributed by atoms with Crippen LogP contribution in [0.15, 0.2) is 51.9 Å². The number of tetrazole rings is 1. The molecule has 1 aromatic carbocycles. The Balaban J connectivity index is 1.50. The van der Waals surface area contributed by atoms with Gasteiger partial charge in [0.25, 0.3) is 5.56 Å². The van der Waals surface area contributed by atoms with Gasteiger partial charge in [0, 0.05) is 23.7 Å². The maximum absolute atomic E-state index is 13.0. The van der Waals surface area contributed by atoms with Gasteiger partial charge in [-0.1, -0.05) is 31.9 Å². The molecular weight excluding hydrogens is 416 g/mol. The van der Waals surface area contributed by atoms with Crippen LogP contribution >= 0.6 is 0 Å². The van der Waals surface area contributed by atoms with Gasteiger partial charge in [0.05, 0.1) is 12.3 Å². The minimum atomic E-state index is -0.0267. The highest BCUT2D eigenvalue weighted by Gasteiger charge is 2.32. The fraction of sp³-hybridized carbons (Fsp3) is 0.440. The average molecular weight is 447 g/mol. The molecule has 0 unspecified atom stereocenters. The SMILES string of the molecule is CC[C@@H](c1nnnn1Cc1ccco1)N(Cc1cc2ccc(C)cc2[nH]c1=O)C1CCCC1. The molecule has 1 atom stereocenters. The first kappa shape index (κ1) is 21.6. The zero-order chi connectivity index (χ0) is 22.8. The number of aromatic nitrogens is 5. The number of fused-ring (bicyclic) bond motifs is 1. The molecule has 0 amide bonds. The molecule has 0 bridgehead atoms. The molecule has 1 aliphatic carbocycles. The lowest BCUT2D eigenvalue weighted by molar-refractivity contribution is 0.112. The van der Waals surface area contributed by atoms with Gasteiger partial charge in [-0.25, -0.2) is 4.68 Å². The van der Waals surface area contributed by atoms with Gasteiger partial charge in [-0.05, 0) is 71.8 Å².